The third kappa shape index (κ3) is 5.87. The number of aromatic nitrogens is 2. The first-order chi connectivity index (χ1) is 11.5. The van der Waals surface area contributed by atoms with Gasteiger partial charge >= 0.3 is 6.09 Å². The Bertz CT molecular complexity index is 694. The molecule has 1 aromatic heterocycles. The minimum atomic E-state index is -0.528. The number of rotatable bonds is 8. The Balaban J connectivity index is 1.74. The van der Waals surface area contributed by atoms with Gasteiger partial charge in [0.15, 0.2) is 5.82 Å². The molecule has 0 unspecified atom stereocenters. The average molecular weight is 329 g/mol. The molecule has 24 heavy (non-hydrogen) atoms. The number of benzene rings is 1. The summed E-state index contributed by atoms with van der Waals surface area (Å²) in [5.74, 6) is 0.658. The SMILES string of the molecule is CC(=O)CCCCn1ccc(NC(=O)OCc2ccccc2C)n1. The summed E-state index contributed by atoms with van der Waals surface area (Å²) >= 11 is 0. The molecule has 0 aliphatic rings. The summed E-state index contributed by atoms with van der Waals surface area (Å²) < 4.78 is 6.96. The van der Waals surface area contributed by atoms with Crippen LogP contribution in [0, 0.1) is 6.92 Å². The Kier molecular flexibility index (Phi) is 6.54. The largest absolute Gasteiger partial charge is 0.444 e. The number of ether oxygens (including phenoxy) is 1. The van der Waals surface area contributed by atoms with Crippen LogP contribution in [0.25, 0.3) is 0 Å². The predicted octanol–water partition coefficient (Wildman–Crippen LogP) is 3.70. The zero-order valence-electron chi connectivity index (χ0n) is 14.1. The summed E-state index contributed by atoms with van der Waals surface area (Å²) in [5.41, 5.74) is 2.06. The number of carbonyl (C=O) groups is 2. The lowest BCUT2D eigenvalue weighted by atomic mass is 10.1. The highest BCUT2D eigenvalue weighted by atomic mass is 16.5. The van der Waals surface area contributed by atoms with Crippen LogP contribution < -0.4 is 5.32 Å². The number of hydrogen-bond acceptors (Lipinski definition) is 4. The summed E-state index contributed by atoms with van der Waals surface area (Å²) in [6.07, 6.45) is 3.58. The molecule has 0 aliphatic heterocycles. The lowest BCUT2D eigenvalue weighted by Gasteiger charge is -2.07. The van der Waals surface area contributed by atoms with Gasteiger partial charge in [-0.15, -0.1) is 0 Å². The quantitative estimate of drug-likeness (QED) is 0.749. The maximum absolute atomic E-state index is 11.8. The zero-order valence-corrected chi connectivity index (χ0v) is 14.1. The Hall–Kier alpha value is -2.63. The topological polar surface area (TPSA) is 73.2 Å². The van der Waals surface area contributed by atoms with Gasteiger partial charge in [-0.3, -0.25) is 10.00 Å². The summed E-state index contributed by atoms with van der Waals surface area (Å²) in [5, 5.41) is 6.87. The third-order valence-electron chi connectivity index (χ3n) is 3.66. The molecular formula is C18H23N3O3. The van der Waals surface area contributed by atoms with Crippen LogP contribution >= 0.6 is 0 Å². The first-order valence-electron chi connectivity index (χ1n) is 8.06. The van der Waals surface area contributed by atoms with Gasteiger partial charge in [-0.1, -0.05) is 24.3 Å². The molecule has 0 spiro atoms. The van der Waals surface area contributed by atoms with E-state index in [0.29, 0.717) is 18.8 Å². The molecule has 1 amide bonds. The van der Waals surface area contributed by atoms with Gasteiger partial charge in [-0.2, -0.15) is 5.10 Å². The molecule has 0 radical (unpaired) electrons. The van der Waals surface area contributed by atoms with E-state index in [9.17, 15) is 9.59 Å². The number of nitrogens with one attached hydrogen (secondary N) is 1. The van der Waals surface area contributed by atoms with Gasteiger partial charge in [-0.25, -0.2) is 4.79 Å². The number of unbranched alkanes of at least 4 members (excludes halogenated alkanes) is 1. The second kappa shape index (κ2) is 8.86. The van der Waals surface area contributed by atoms with E-state index >= 15 is 0 Å². The monoisotopic (exact) mass is 329 g/mol. The molecule has 2 aromatic rings. The van der Waals surface area contributed by atoms with Crippen LogP contribution in [0.4, 0.5) is 10.6 Å². The van der Waals surface area contributed by atoms with Crippen molar-refractivity contribution < 1.29 is 14.3 Å². The number of ketones is 1. The summed E-state index contributed by atoms with van der Waals surface area (Å²) in [4.78, 5) is 22.7. The fourth-order valence-electron chi connectivity index (χ4n) is 2.26. The number of anilines is 1. The lowest BCUT2D eigenvalue weighted by molar-refractivity contribution is -0.117. The van der Waals surface area contributed by atoms with Gasteiger partial charge in [0, 0.05) is 25.2 Å². The van der Waals surface area contributed by atoms with Crippen molar-refractivity contribution in [3.05, 3.63) is 47.7 Å². The standard InChI is InChI=1S/C18H23N3O3/c1-14-7-3-4-9-16(14)13-24-18(23)19-17-10-12-21(20-17)11-6-5-8-15(2)22/h3-4,7,9-10,12H,5-6,8,11,13H2,1-2H3,(H,19,20,23). The highest BCUT2D eigenvalue weighted by Crippen LogP contribution is 2.10. The van der Waals surface area contributed by atoms with E-state index in [-0.39, 0.29) is 12.4 Å². The number of aryl methyl sites for hydroxylation is 2. The summed E-state index contributed by atoms with van der Waals surface area (Å²) in [6, 6.07) is 9.49. The van der Waals surface area contributed by atoms with Gasteiger partial charge in [0.1, 0.15) is 12.4 Å². The number of amides is 1. The van der Waals surface area contributed by atoms with Crippen molar-refractivity contribution in [1.29, 1.82) is 0 Å². The molecule has 6 heteroatoms. The lowest BCUT2D eigenvalue weighted by Crippen LogP contribution is -2.14. The van der Waals surface area contributed by atoms with Crippen molar-refractivity contribution in [2.75, 3.05) is 5.32 Å². The summed E-state index contributed by atoms with van der Waals surface area (Å²) in [6.45, 7) is 4.51. The van der Waals surface area contributed by atoms with Crippen LogP contribution in [0.3, 0.4) is 0 Å². The van der Waals surface area contributed by atoms with E-state index < -0.39 is 6.09 Å². The van der Waals surface area contributed by atoms with Crippen molar-refractivity contribution in [3.63, 3.8) is 0 Å². The molecule has 1 aromatic carbocycles. The van der Waals surface area contributed by atoms with E-state index in [1.807, 2.05) is 31.2 Å². The highest BCUT2D eigenvalue weighted by molar-refractivity contribution is 5.83. The van der Waals surface area contributed by atoms with Crippen LogP contribution in [-0.2, 0) is 22.7 Å². The molecular weight excluding hydrogens is 306 g/mol. The van der Waals surface area contributed by atoms with E-state index in [2.05, 4.69) is 10.4 Å². The molecule has 1 N–H and O–H groups in total. The third-order valence-corrected chi connectivity index (χ3v) is 3.66. The van der Waals surface area contributed by atoms with Crippen LogP contribution in [0.15, 0.2) is 36.5 Å². The van der Waals surface area contributed by atoms with E-state index in [1.165, 1.54) is 0 Å². The maximum Gasteiger partial charge on any atom is 0.413 e. The molecule has 128 valence electrons. The maximum atomic E-state index is 11.8. The summed E-state index contributed by atoms with van der Waals surface area (Å²) in [7, 11) is 0. The predicted molar refractivity (Wildman–Crippen MR) is 91.7 cm³/mol. The molecule has 0 saturated heterocycles. The molecule has 0 atom stereocenters. The Morgan fingerprint density at radius 3 is 2.75 bits per heavy atom. The molecule has 2 rings (SSSR count). The van der Waals surface area contributed by atoms with E-state index in [1.54, 1.807) is 23.9 Å². The molecule has 6 nitrogen and oxygen atoms in total. The molecule has 0 fully saturated rings. The van der Waals surface area contributed by atoms with Gasteiger partial charge in [0.05, 0.1) is 0 Å². The fraction of sp³-hybridized carbons (Fsp3) is 0.389. The first kappa shape index (κ1) is 17.7. The molecule has 1 heterocycles. The van der Waals surface area contributed by atoms with Crippen LogP contribution in [0.2, 0.25) is 0 Å². The van der Waals surface area contributed by atoms with Crippen molar-refractivity contribution in [2.24, 2.45) is 0 Å². The Labute approximate surface area is 141 Å². The first-order valence-corrected chi connectivity index (χ1v) is 8.06. The van der Waals surface area contributed by atoms with Crippen molar-refractivity contribution in [3.8, 4) is 0 Å². The fourth-order valence-corrected chi connectivity index (χ4v) is 2.26. The minimum Gasteiger partial charge on any atom is -0.444 e. The van der Waals surface area contributed by atoms with Gasteiger partial charge in [0.2, 0.25) is 0 Å². The van der Waals surface area contributed by atoms with Crippen molar-refractivity contribution in [2.45, 2.75) is 46.3 Å². The smallest absolute Gasteiger partial charge is 0.413 e. The molecule has 0 saturated carbocycles. The molecule has 0 aliphatic carbocycles. The van der Waals surface area contributed by atoms with Gasteiger partial charge < -0.3 is 9.53 Å². The number of carbonyl (C=O) groups excluding carboxylic acids is 2. The van der Waals surface area contributed by atoms with Gasteiger partial charge in [-0.05, 0) is 37.8 Å². The minimum absolute atomic E-state index is 0.203. The van der Waals surface area contributed by atoms with Crippen LogP contribution in [0.1, 0.15) is 37.3 Å². The second-order valence-corrected chi connectivity index (χ2v) is 5.75. The number of Topliss-reactive ketones (excluding diaryl/α,β-unsaturated/α-hetero) is 1. The number of nitrogens with zero attached hydrogens (tertiary/aromatic N) is 2. The van der Waals surface area contributed by atoms with Crippen LogP contribution in [-0.4, -0.2) is 21.7 Å². The van der Waals surface area contributed by atoms with Gasteiger partial charge in [0.25, 0.3) is 0 Å². The highest BCUT2D eigenvalue weighted by Gasteiger charge is 2.07. The Morgan fingerprint density at radius 2 is 2.00 bits per heavy atom. The van der Waals surface area contributed by atoms with Crippen molar-refractivity contribution >= 4 is 17.7 Å². The number of hydrogen-bond donors (Lipinski definition) is 1. The normalized spacial score (nSPS) is 10.4. The second-order valence-electron chi connectivity index (χ2n) is 5.75. The van der Waals surface area contributed by atoms with E-state index in [0.717, 1.165) is 24.0 Å². The average Bonchev–Trinajstić information content (AvgIpc) is 2.98. The Morgan fingerprint density at radius 1 is 1.21 bits per heavy atom. The van der Waals surface area contributed by atoms with E-state index in [4.69, 9.17) is 4.74 Å². The zero-order chi connectivity index (χ0) is 17.4. The molecule has 0 bridgehead atoms. The van der Waals surface area contributed by atoms with Crippen LogP contribution in [0.5, 0.6) is 0 Å². The van der Waals surface area contributed by atoms with Crippen molar-refractivity contribution in [1.82, 2.24) is 9.78 Å².